The largest absolute Gasteiger partial charge is 0.337 e. The number of aromatic nitrogens is 2. The zero-order valence-electron chi connectivity index (χ0n) is 16.0. The van der Waals surface area contributed by atoms with Gasteiger partial charge in [-0.1, -0.05) is 54.6 Å². The summed E-state index contributed by atoms with van der Waals surface area (Å²) in [4.78, 5) is 14.7. The fourth-order valence-electron chi connectivity index (χ4n) is 4.41. The highest BCUT2D eigenvalue weighted by atomic mass is 16.2. The third-order valence-corrected chi connectivity index (χ3v) is 5.97. The quantitative estimate of drug-likeness (QED) is 0.726. The monoisotopic (exact) mass is 385 g/mol. The van der Waals surface area contributed by atoms with E-state index in [1.807, 2.05) is 11.0 Å². The number of benzene rings is 2. The maximum Gasteiger partial charge on any atom is 0.274 e. The van der Waals surface area contributed by atoms with Gasteiger partial charge in [0.25, 0.3) is 5.91 Å². The van der Waals surface area contributed by atoms with Crippen LogP contribution < -0.4 is 10.9 Å². The number of carbonyl (C=O) groups excluding carboxylic acids is 1. The van der Waals surface area contributed by atoms with Gasteiger partial charge in [-0.05, 0) is 35.2 Å². The SMILES string of the molecule is O=C(c1cccnn1)N1CCC2NNC(c3ccc(-c4ccccc4)cc3)C2C1. The molecule has 1 amide bonds. The molecule has 146 valence electrons. The van der Waals surface area contributed by atoms with Crippen molar-refractivity contribution < 1.29 is 4.79 Å². The van der Waals surface area contributed by atoms with Gasteiger partial charge in [0.15, 0.2) is 5.69 Å². The van der Waals surface area contributed by atoms with Crippen molar-refractivity contribution in [3.8, 4) is 11.1 Å². The number of nitrogens with one attached hydrogen (secondary N) is 2. The van der Waals surface area contributed by atoms with E-state index in [1.165, 1.54) is 16.7 Å². The van der Waals surface area contributed by atoms with Crippen LogP contribution in [0.2, 0.25) is 0 Å². The zero-order chi connectivity index (χ0) is 19.6. The highest BCUT2D eigenvalue weighted by Gasteiger charge is 2.41. The van der Waals surface area contributed by atoms with E-state index in [4.69, 9.17) is 0 Å². The zero-order valence-corrected chi connectivity index (χ0v) is 16.0. The van der Waals surface area contributed by atoms with E-state index in [0.29, 0.717) is 24.2 Å². The van der Waals surface area contributed by atoms with Gasteiger partial charge in [-0.2, -0.15) is 5.10 Å². The minimum atomic E-state index is -0.0402. The predicted octanol–water partition coefficient (Wildman–Crippen LogP) is 2.82. The molecule has 0 radical (unpaired) electrons. The molecule has 2 aromatic carbocycles. The molecule has 3 aromatic rings. The fraction of sp³-hybridized carbons (Fsp3) is 0.261. The molecule has 0 saturated carbocycles. The van der Waals surface area contributed by atoms with Crippen LogP contribution in [0.25, 0.3) is 11.1 Å². The molecule has 2 fully saturated rings. The fourth-order valence-corrected chi connectivity index (χ4v) is 4.41. The molecule has 5 rings (SSSR count). The molecule has 2 aliphatic heterocycles. The van der Waals surface area contributed by atoms with Crippen molar-refractivity contribution in [1.29, 1.82) is 0 Å². The van der Waals surface area contributed by atoms with Gasteiger partial charge in [0.05, 0.1) is 6.04 Å². The Morgan fingerprint density at radius 2 is 1.72 bits per heavy atom. The van der Waals surface area contributed by atoms with Crippen LogP contribution in [-0.4, -0.2) is 40.1 Å². The standard InChI is InChI=1S/C23H23N5O/c29-23(21-7-4-13-24-25-21)28-14-12-20-19(15-28)22(27-26-20)18-10-8-17(9-11-18)16-5-2-1-3-6-16/h1-11,13,19-20,22,26-27H,12,14-15H2. The van der Waals surface area contributed by atoms with Crippen LogP contribution in [0.1, 0.15) is 28.5 Å². The average molecular weight is 385 g/mol. The number of nitrogens with zero attached hydrogens (tertiary/aromatic N) is 3. The van der Waals surface area contributed by atoms with E-state index in [-0.39, 0.29) is 11.9 Å². The molecule has 29 heavy (non-hydrogen) atoms. The number of carbonyl (C=O) groups is 1. The van der Waals surface area contributed by atoms with Gasteiger partial charge < -0.3 is 4.90 Å². The maximum atomic E-state index is 12.8. The van der Waals surface area contributed by atoms with Gasteiger partial charge in [0.2, 0.25) is 0 Å². The lowest BCUT2D eigenvalue weighted by molar-refractivity contribution is 0.0645. The Morgan fingerprint density at radius 1 is 0.931 bits per heavy atom. The van der Waals surface area contributed by atoms with Gasteiger partial charge >= 0.3 is 0 Å². The maximum absolute atomic E-state index is 12.8. The Hall–Kier alpha value is -3.09. The average Bonchev–Trinajstić information content (AvgIpc) is 3.23. The molecule has 0 spiro atoms. The highest BCUT2D eigenvalue weighted by Crippen LogP contribution is 2.34. The number of hydrogen-bond donors (Lipinski definition) is 2. The molecule has 1 aromatic heterocycles. The summed E-state index contributed by atoms with van der Waals surface area (Å²) in [6.07, 6.45) is 2.51. The third-order valence-electron chi connectivity index (χ3n) is 5.97. The third kappa shape index (κ3) is 3.52. The Labute approximate surface area is 169 Å². The molecule has 2 aliphatic rings. The number of hydrazine groups is 1. The Bertz CT molecular complexity index is 977. The molecule has 0 bridgehead atoms. The van der Waals surface area contributed by atoms with Gasteiger partial charge in [-0.3, -0.25) is 10.2 Å². The lowest BCUT2D eigenvalue weighted by atomic mass is 9.84. The molecule has 2 saturated heterocycles. The summed E-state index contributed by atoms with van der Waals surface area (Å²) in [5, 5.41) is 7.82. The highest BCUT2D eigenvalue weighted by molar-refractivity contribution is 5.92. The summed E-state index contributed by atoms with van der Waals surface area (Å²) in [6, 6.07) is 23.1. The van der Waals surface area contributed by atoms with Gasteiger partial charge in [0, 0.05) is 31.2 Å². The normalized spacial score (nSPS) is 23.6. The molecule has 3 atom stereocenters. The molecular formula is C23H23N5O. The van der Waals surface area contributed by atoms with Crippen molar-refractivity contribution >= 4 is 5.91 Å². The minimum absolute atomic E-state index is 0.0402. The number of likely N-dealkylation sites (tertiary alicyclic amines) is 1. The Morgan fingerprint density at radius 3 is 2.48 bits per heavy atom. The van der Waals surface area contributed by atoms with Crippen molar-refractivity contribution in [3.63, 3.8) is 0 Å². The van der Waals surface area contributed by atoms with Gasteiger partial charge in [-0.15, -0.1) is 5.10 Å². The molecular weight excluding hydrogens is 362 g/mol. The van der Waals surface area contributed by atoms with Crippen LogP contribution in [0.5, 0.6) is 0 Å². The summed E-state index contributed by atoms with van der Waals surface area (Å²) in [5.41, 5.74) is 11.0. The molecule has 3 heterocycles. The Balaban J connectivity index is 1.33. The van der Waals surface area contributed by atoms with Crippen molar-refractivity contribution in [3.05, 3.63) is 84.2 Å². The first-order valence-electron chi connectivity index (χ1n) is 10.0. The number of hydrogen-bond acceptors (Lipinski definition) is 5. The van der Waals surface area contributed by atoms with Crippen LogP contribution in [0.4, 0.5) is 0 Å². The minimum Gasteiger partial charge on any atom is -0.337 e. The second kappa shape index (κ2) is 7.73. The summed E-state index contributed by atoms with van der Waals surface area (Å²) in [5.74, 6) is 0.272. The number of fused-ring (bicyclic) bond motifs is 1. The van der Waals surface area contributed by atoms with Crippen LogP contribution in [0.15, 0.2) is 72.9 Å². The lowest BCUT2D eigenvalue weighted by Gasteiger charge is -2.36. The molecule has 6 heteroatoms. The van der Waals surface area contributed by atoms with Crippen LogP contribution in [0.3, 0.4) is 0 Å². The summed E-state index contributed by atoms with van der Waals surface area (Å²) in [6.45, 7) is 1.43. The van der Waals surface area contributed by atoms with Crippen molar-refractivity contribution in [2.24, 2.45) is 5.92 Å². The van der Waals surface area contributed by atoms with Crippen LogP contribution in [-0.2, 0) is 0 Å². The van der Waals surface area contributed by atoms with E-state index < -0.39 is 0 Å². The topological polar surface area (TPSA) is 70.2 Å². The lowest BCUT2D eigenvalue weighted by Crippen LogP contribution is -2.48. The van der Waals surface area contributed by atoms with E-state index in [2.05, 4.69) is 69.6 Å². The number of rotatable bonds is 3. The van der Waals surface area contributed by atoms with Crippen molar-refractivity contribution in [2.75, 3.05) is 13.1 Å². The first-order valence-corrected chi connectivity index (χ1v) is 10.0. The number of piperidine rings is 1. The second-order valence-electron chi connectivity index (χ2n) is 7.67. The molecule has 0 aliphatic carbocycles. The smallest absolute Gasteiger partial charge is 0.274 e. The van der Waals surface area contributed by atoms with Gasteiger partial charge in [0.1, 0.15) is 0 Å². The molecule has 6 nitrogen and oxygen atoms in total. The number of amides is 1. The van der Waals surface area contributed by atoms with Crippen LogP contribution >= 0.6 is 0 Å². The molecule has 2 N–H and O–H groups in total. The van der Waals surface area contributed by atoms with Crippen LogP contribution in [0, 0.1) is 5.92 Å². The predicted molar refractivity (Wildman–Crippen MR) is 111 cm³/mol. The van der Waals surface area contributed by atoms with Crippen molar-refractivity contribution in [2.45, 2.75) is 18.5 Å². The van der Waals surface area contributed by atoms with E-state index >= 15 is 0 Å². The Kier molecular flexibility index (Phi) is 4.79. The van der Waals surface area contributed by atoms with E-state index in [1.54, 1.807) is 18.3 Å². The summed E-state index contributed by atoms with van der Waals surface area (Å²) in [7, 11) is 0. The van der Waals surface area contributed by atoms with Crippen molar-refractivity contribution in [1.82, 2.24) is 25.9 Å². The summed E-state index contributed by atoms with van der Waals surface area (Å²) >= 11 is 0. The summed E-state index contributed by atoms with van der Waals surface area (Å²) < 4.78 is 0. The second-order valence-corrected chi connectivity index (χ2v) is 7.67. The van der Waals surface area contributed by atoms with E-state index in [9.17, 15) is 4.79 Å². The first-order chi connectivity index (χ1) is 14.3. The van der Waals surface area contributed by atoms with E-state index in [0.717, 1.165) is 13.0 Å². The van der Waals surface area contributed by atoms with Gasteiger partial charge in [-0.25, -0.2) is 5.43 Å². The molecule has 3 unspecified atom stereocenters. The first kappa shape index (κ1) is 18.0.